The summed E-state index contributed by atoms with van der Waals surface area (Å²) in [5, 5.41) is 0. The highest BCUT2D eigenvalue weighted by Gasteiger charge is 2.41. The fourth-order valence-corrected chi connectivity index (χ4v) is 3.37. The summed E-state index contributed by atoms with van der Waals surface area (Å²) in [6.45, 7) is 4.06. The van der Waals surface area contributed by atoms with Gasteiger partial charge in [-0.25, -0.2) is 9.88 Å². The average Bonchev–Trinajstić information content (AvgIpc) is 3.15. The number of imide groups is 1. The van der Waals surface area contributed by atoms with Gasteiger partial charge in [-0.1, -0.05) is 0 Å². The maximum atomic E-state index is 13.0. The molecule has 0 unspecified atom stereocenters. The van der Waals surface area contributed by atoms with Crippen LogP contribution in [0.15, 0.2) is 42.7 Å². The number of hydrogen-bond donors (Lipinski definition) is 0. The molecule has 1 aromatic heterocycles. The molecule has 6 heteroatoms. The second kappa shape index (κ2) is 5.98. The Labute approximate surface area is 151 Å². The number of fused-ring (bicyclic) bond motifs is 1. The molecule has 1 atom stereocenters. The van der Waals surface area contributed by atoms with Gasteiger partial charge in [0.05, 0.1) is 36.6 Å². The maximum absolute atomic E-state index is 13.0. The van der Waals surface area contributed by atoms with E-state index in [4.69, 9.17) is 4.74 Å². The number of amides is 2. The number of anilines is 1. The Morgan fingerprint density at radius 3 is 2.46 bits per heavy atom. The smallest absolute Gasteiger partial charge is 0.257 e. The molecule has 0 aliphatic carbocycles. The summed E-state index contributed by atoms with van der Waals surface area (Å²) in [5.74, 6) is 0.226. The van der Waals surface area contributed by atoms with Gasteiger partial charge in [-0.05, 0) is 61.4 Å². The molecule has 2 aromatic carbocycles. The Kier molecular flexibility index (Phi) is 3.76. The molecule has 2 amide bonds. The highest BCUT2D eigenvalue weighted by Crippen LogP contribution is 2.33. The molecule has 0 N–H and O–H groups in total. The summed E-state index contributed by atoms with van der Waals surface area (Å²) in [6, 6.07) is 10.4. The summed E-state index contributed by atoms with van der Waals surface area (Å²) < 4.78 is 6.94. The number of carbonyl (C=O) groups is 2. The van der Waals surface area contributed by atoms with Gasteiger partial charge in [0, 0.05) is 0 Å². The average molecular weight is 349 g/mol. The van der Waals surface area contributed by atoms with Crippen LogP contribution in [0.4, 0.5) is 5.69 Å². The molecular weight excluding hydrogens is 330 g/mol. The Balaban J connectivity index is 1.72. The maximum Gasteiger partial charge on any atom is 0.257 e. The van der Waals surface area contributed by atoms with Crippen LogP contribution >= 0.6 is 0 Å². The van der Waals surface area contributed by atoms with E-state index in [9.17, 15) is 9.59 Å². The summed E-state index contributed by atoms with van der Waals surface area (Å²) >= 11 is 0. The van der Waals surface area contributed by atoms with Crippen LogP contribution in [0, 0.1) is 13.8 Å². The van der Waals surface area contributed by atoms with Crippen molar-refractivity contribution in [2.45, 2.75) is 26.3 Å². The third-order valence-electron chi connectivity index (χ3n) is 4.98. The lowest BCUT2D eigenvalue weighted by molar-refractivity contribution is -0.122. The van der Waals surface area contributed by atoms with Crippen LogP contribution in [0.25, 0.3) is 11.0 Å². The van der Waals surface area contributed by atoms with Gasteiger partial charge in [-0.15, -0.1) is 0 Å². The standard InChI is InChI=1S/C20H19N3O3/c1-12-8-16-17(9-13(12)2)22(11-21-16)18-10-19(24)23(20(18)25)14-4-6-15(26-3)7-5-14/h4-9,11,18H,10H2,1-3H3/t18-/m0/s1. The Morgan fingerprint density at radius 2 is 1.77 bits per heavy atom. The summed E-state index contributed by atoms with van der Waals surface area (Å²) in [5.41, 5.74) is 4.53. The molecular formula is C20H19N3O3. The first-order valence-electron chi connectivity index (χ1n) is 8.44. The van der Waals surface area contributed by atoms with E-state index >= 15 is 0 Å². The second-order valence-corrected chi connectivity index (χ2v) is 6.56. The molecule has 6 nitrogen and oxygen atoms in total. The monoisotopic (exact) mass is 349 g/mol. The minimum atomic E-state index is -0.572. The van der Waals surface area contributed by atoms with Crippen molar-refractivity contribution >= 4 is 28.5 Å². The van der Waals surface area contributed by atoms with E-state index in [-0.39, 0.29) is 18.2 Å². The van der Waals surface area contributed by atoms with E-state index in [2.05, 4.69) is 4.98 Å². The molecule has 1 aliphatic rings. The number of rotatable bonds is 3. The largest absolute Gasteiger partial charge is 0.497 e. The summed E-state index contributed by atoms with van der Waals surface area (Å²) in [6.07, 6.45) is 1.78. The molecule has 0 bridgehead atoms. The van der Waals surface area contributed by atoms with Crippen molar-refractivity contribution in [3.8, 4) is 5.75 Å². The molecule has 2 heterocycles. The highest BCUT2D eigenvalue weighted by molar-refractivity contribution is 6.21. The minimum Gasteiger partial charge on any atom is -0.497 e. The number of ether oxygens (including phenoxy) is 1. The van der Waals surface area contributed by atoms with Crippen LogP contribution < -0.4 is 9.64 Å². The number of imidazole rings is 1. The SMILES string of the molecule is COc1ccc(N2C(=O)C[C@H](n3cnc4cc(C)c(C)cc43)C2=O)cc1. The number of methoxy groups -OCH3 is 1. The lowest BCUT2D eigenvalue weighted by Crippen LogP contribution is -2.31. The summed E-state index contributed by atoms with van der Waals surface area (Å²) in [4.78, 5) is 31.2. The molecule has 1 fully saturated rings. The topological polar surface area (TPSA) is 64.4 Å². The Hall–Kier alpha value is -3.15. The van der Waals surface area contributed by atoms with E-state index in [1.165, 1.54) is 4.90 Å². The van der Waals surface area contributed by atoms with Crippen molar-refractivity contribution in [3.63, 3.8) is 0 Å². The van der Waals surface area contributed by atoms with Crippen LogP contribution in [-0.2, 0) is 9.59 Å². The van der Waals surface area contributed by atoms with Gasteiger partial charge in [-0.3, -0.25) is 9.59 Å². The van der Waals surface area contributed by atoms with Crippen LogP contribution in [0.3, 0.4) is 0 Å². The molecule has 3 aromatic rings. The molecule has 26 heavy (non-hydrogen) atoms. The predicted octanol–water partition coefficient (Wildman–Crippen LogP) is 3.17. The second-order valence-electron chi connectivity index (χ2n) is 6.56. The van der Waals surface area contributed by atoms with E-state index in [1.54, 1.807) is 37.7 Å². The first kappa shape index (κ1) is 16.3. The number of benzene rings is 2. The van der Waals surface area contributed by atoms with Crippen molar-refractivity contribution in [2.24, 2.45) is 0 Å². The zero-order valence-corrected chi connectivity index (χ0v) is 14.9. The van der Waals surface area contributed by atoms with E-state index in [0.29, 0.717) is 11.4 Å². The highest BCUT2D eigenvalue weighted by atomic mass is 16.5. The van der Waals surface area contributed by atoms with Gasteiger partial charge in [0.15, 0.2) is 0 Å². The molecule has 4 rings (SSSR count). The lowest BCUT2D eigenvalue weighted by Gasteiger charge is -2.16. The molecule has 1 saturated heterocycles. The molecule has 1 aliphatic heterocycles. The predicted molar refractivity (Wildman–Crippen MR) is 98.3 cm³/mol. The van der Waals surface area contributed by atoms with Crippen LogP contribution in [-0.4, -0.2) is 28.5 Å². The van der Waals surface area contributed by atoms with Crippen LogP contribution in [0.5, 0.6) is 5.75 Å². The zero-order chi connectivity index (χ0) is 18.4. The van der Waals surface area contributed by atoms with Crippen molar-refractivity contribution in [2.75, 3.05) is 12.0 Å². The van der Waals surface area contributed by atoms with Crippen molar-refractivity contribution < 1.29 is 14.3 Å². The fourth-order valence-electron chi connectivity index (χ4n) is 3.37. The summed E-state index contributed by atoms with van der Waals surface area (Å²) in [7, 11) is 1.57. The van der Waals surface area contributed by atoms with Crippen molar-refractivity contribution in [1.82, 2.24) is 9.55 Å². The van der Waals surface area contributed by atoms with Gasteiger partial charge >= 0.3 is 0 Å². The quantitative estimate of drug-likeness (QED) is 0.681. The van der Waals surface area contributed by atoms with Crippen LogP contribution in [0.2, 0.25) is 0 Å². The number of aromatic nitrogens is 2. The third kappa shape index (κ3) is 2.45. The Morgan fingerprint density at radius 1 is 1.08 bits per heavy atom. The number of aryl methyl sites for hydroxylation is 2. The van der Waals surface area contributed by atoms with Crippen LogP contribution in [0.1, 0.15) is 23.6 Å². The van der Waals surface area contributed by atoms with Crippen molar-refractivity contribution in [1.29, 1.82) is 0 Å². The van der Waals surface area contributed by atoms with E-state index in [0.717, 1.165) is 22.2 Å². The Bertz CT molecular complexity index is 1020. The molecule has 0 spiro atoms. The third-order valence-corrected chi connectivity index (χ3v) is 4.98. The first-order valence-corrected chi connectivity index (χ1v) is 8.44. The van der Waals surface area contributed by atoms with Gasteiger partial charge in [0.1, 0.15) is 11.8 Å². The van der Waals surface area contributed by atoms with Gasteiger partial charge in [0.2, 0.25) is 5.91 Å². The van der Waals surface area contributed by atoms with E-state index < -0.39 is 6.04 Å². The van der Waals surface area contributed by atoms with Crippen molar-refractivity contribution in [3.05, 3.63) is 53.9 Å². The number of hydrogen-bond acceptors (Lipinski definition) is 4. The minimum absolute atomic E-state index is 0.128. The first-order chi connectivity index (χ1) is 12.5. The normalized spacial score (nSPS) is 17.3. The molecule has 132 valence electrons. The number of nitrogens with zero attached hydrogens (tertiary/aromatic N) is 3. The lowest BCUT2D eigenvalue weighted by atomic mass is 10.1. The van der Waals surface area contributed by atoms with Gasteiger partial charge < -0.3 is 9.30 Å². The van der Waals surface area contributed by atoms with Gasteiger partial charge in [-0.2, -0.15) is 0 Å². The fraction of sp³-hybridized carbons (Fsp3) is 0.250. The molecule has 0 saturated carbocycles. The zero-order valence-electron chi connectivity index (χ0n) is 14.9. The molecule has 0 radical (unpaired) electrons. The van der Waals surface area contributed by atoms with Gasteiger partial charge in [0.25, 0.3) is 5.91 Å². The van der Waals surface area contributed by atoms with E-state index in [1.807, 2.05) is 30.5 Å². The number of carbonyl (C=O) groups excluding carboxylic acids is 2.